The monoisotopic (exact) mass is 247 g/mol. The van der Waals surface area contributed by atoms with E-state index >= 15 is 0 Å². The Morgan fingerprint density at radius 2 is 2.00 bits per heavy atom. The smallest absolute Gasteiger partial charge is 0.139 e. The second-order valence-electron chi connectivity index (χ2n) is 5.01. The number of rotatable bonds is 0. The van der Waals surface area contributed by atoms with Gasteiger partial charge in [0, 0.05) is 22.5 Å². The standard InChI is InChI=1S/C16H13N3/c1-9-5-6-12-11(8-9)14-10(2)15-13(4-3-7-17-15)19-16(14)18-12/h3-8H,1-2H3,(H,18,19). The van der Waals surface area contributed by atoms with Gasteiger partial charge in [-0.3, -0.25) is 4.98 Å². The molecule has 1 N–H and O–H groups in total. The summed E-state index contributed by atoms with van der Waals surface area (Å²) in [6, 6.07) is 10.4. The number of nitrogens with one attached hydrogen (secondary N) is 1. The van der Waals surface area contributed by atoms with Crippen LogP contribution in [0, 0.1) is 13.8 Å². The Labute approximate surface area is 110 Å². The zero-order valence-electron chi connectivity index (χ0n) is 10.9. The molecule has 0 saturated carbocycles. The average Bonchev–Trinajstić information content (AvgIpc) is 2.76. The van der Waals surface area contributed by atoms with E-state index in [0.29, 0.717) is 0 Å². The number of hydrogen-bond donors (Lipinski definition) is 1. The number of nitrogens with zero attached hydrogens (tertiary/aromatic N) is 2. The molecular weight excluding hydrogens is 234 g/mol. The van der Waals surface area contributed by atoms with Gasteiger partial charge in [0.1, 0.15) is 5.65 Å². The molecule has 92 valence electrons. The van der Waals surface area contributed by atoms with Crippen LogP contribution >= 0.6 is 0 Å². The molecule has 0 spiro atoms. The van der Waals surface area contributed by atoms with Crippen molar-refractivity contribution in [2.75, 3.05) is 0 Å². The van der Waals surface area contributed by atoms with E-state index in [9.17, 15) is 0 Å². The molecule has 4 rings (SSSR count). The molecule has 3 heteroatoms. The van der Waals surface area contributed by atoms with Crippen LogP contribution in [0.15, 0.2) is 36.5 Å². The van der Waals surface area contributed by atoms with Gasteiger partial charge in [0.2, 0.25) is 0 Å². The van der Waals surface area contributed by atoms with Gasteiger partial charge in [-0.05, 0) is 43.7 Å². The highest BCUT2D eigenvalue weighted by Gasteiger charge is 2.11. The fourth-order valence-corrected chi connectivity index (χ4v) is 2.77. The predicted molar refractivity (Wildman–Crippen MR) is 78.4 cm³/mol. The Bertz CT molecular complexity index is 935. The van der Waals surface area contributed by atoms with Crippen molar-refractivity contribution in [2.24, 2.45) is 0 Å². The zero-order valence-corrected chi connectivity index (χ0v) is 10.9. The maximum Gasteiger partial charge on any atom is 0.139 e. The summed E-state index contributed by atoms with van der Waals surface area (Å²) in [7, 11) is 0. The predicted octanol–water partition coefficient (Wildman–Crippen LogP) is 3.88. The molecule has 3 nitrogen and oxygen atoms in total. The Morgan fingerprint density at radius 1 is 1.11 bits per heavy atom. The van der Waals surface area contributed by atoms with E-state index in [1.165, 1.54) is 21.9 Å². The van der Waals surface area contributed by atoms with Crippen molar-refractivity contribution in [1.82, 2.24) is 15.0 Å². The van der Waals surface area contributed by atoms with E-state index < -0.39 is 0 Å². The highest BCUT2D eigenvalue weighted by Crippen LogP contribution is 2.30. The van der Waals surface area contributed by atoms with Crippen LogP contribution in [-0.2, 0) is 0 Å². The van der Waals surface area contributed by atoms with Gasteiger partial charge in [-0.1, -0.05) is 11.6 Å². The summed E-state index contributed by atoms with van der Waals surface area (Å²) in [5.74, 6) is 0. The van der Waals surface area contributed by atoms with E-state index in [1.54, 1.807) is 0 Å². The van der Waals surface area contributed by atoms with Crippen molar-refractivity contribution in [1.29, 1.82) is 0 Å². The van der Waals surface area contributed by atoms with Crippen molar-refractivity contribution in [3.63, 3.8) is 0 Å². The average molecular weight is 247 g/mol. The lowest BCUT2D eigenvalue weighted by molar-refractivity contribution is 1.32. The summed E-state index contributed by atoms with van der Waals surface area (Å²) in [4.78, 5) is 12.5. The fourth-order valence-electron chi connectivity index (χ4n) is 2.77. The first-order valence-electron chi connectivity index (χ1n) is 6.37. The van der Waals surface area contributed by atoms with Gasteiger partial charge in [-0.15, -0.1) is 0 Å². The summed E-state index contributed by atoms with van der Waals surface area (Å²) >= 11 is 0. The lowest BCUT2D eigenvalue weighted by Gasteiger charge is -2.02. The minimum Gasteiger partial charge on any atom is -0.339 e. The summed E-state index contributed by atoms with van der Waals surface area (Å²) in [5.41, 5.74) is 6.45. The Morgan fingerprint density at radius 3 is 2.89 bits per heavy atom. The first-order chi connectivity index (χ1) is 9.24. The van der Waals surface area contributed by atoms with E-state index in [2.05, 4.69) is 47.0 Å². The van der Waals surface area contributed by atoms with Crippen LogP contribution in [0.3, 0.4) is 0 Å². The molecule has 0 amide bonds. The Balaban J connectivity index is 2.31. The van der Waals surface area contributed by atoms with Crippen molar-refractivity contribution in [3.8, 4) is 0 Å². The van der Waals surface area contributed by atoms with E-state index in [0.717, 1.165) is 22.2 Å². The second kappa shape index (κ2) is 3.54. The van der Waals surface area contributed by atoms with Gasteiger partial charge in [-0.2, -0.15) is 0 Å². The molecule has 3 aromatic heterocycles. The number of hydrogen-bond acceptors (Lipinski definition) is 2. The number of H-pyrrole nitrogens is 1. The molecule has 19 heavy (non-hydrogen) atoms. The minimum atomic E-state index is 0.941. The summed E-state index contributed by atoms with van der Waals surface area (Å²) in [6.45, 7) is 4.23. The number of aryl methyl sites for hydroxylation is 2. The third kappa shape index (κ3) is 1.38. The molecule has 0 aliphatic carbocycles. The first-order valence-corrected chi connectivity index (χ1v) is 6.37. The third-order valence-electron chi connectivity index (χ3n) is 3.68. The highest BCUT2D eigenvalue weighted by atomic mass is 14.9. The van der Waals surface area contributed by atoms with Crippen LogP contribution in [0.2, 0.25) is 0 Å². The van der Waals surface area contributed by atoms with Crippen LogP contribution in [0.25, 0.3) is 33.0 Å². The van der Waals surface area contributed by atoms with Crippen LogP contribution in [-0.4, -0.2) is 15.0 Å². The molecule has 0 atom stereocenters. The lowest BCUT2D eigenvalue weighted by atomic mass is 10.1. The lowest BCUT2D eigenvalue weighted by Crippen LogP contribution is -1.88. The van der Waals surface area contributed by atoms with Crippen LogP contribution in [0.1, 0.15) is 11.1 Å². The summed E-state index contributed by atoms with van der Waals surface area (Å²) in [5, 5.41) is 2.41. The van der Waals surface area contributed by atoms with Crippen LogP contribution < -0.4 is 0 Å². The molecule has 0 aliphatic heterocycles. The van der Waals surface area contributed by atoms with Gasteiger partial charge in [0.15, 0.2) is 0 Å². The number of benzene rings is 1. The normalized spacial score (nSPS) is 11.7. The quantitative estimate of drug-likeness (QED) is 0.512. The third-order valence-corrected chi connectivity index (χ3v) is 3.68. The highest BCUT2D eigenvalue weighted by molar-refractivity contribution is 6.11. The molecule has 3 heterocycles. The van der Waals surface area contributed by atoms with Crippen molar-refractivity contribution in [2.45, 2.75) is 13.8 Å². The molecule has 0 aliphatic rings. The fraction of sp³-hybridized carbons (Fsp3) is 0.125. The maximum atomic E-state index is 4.69. The number of aromatic amines is 1. The number of aromatic nitrogens is 3. The zero-order chi connectivity index (χ0) is 13.0. The Kier molecular flexibility index (Phi) is 1.96. The number of pyridine rings is 2. The molecule has 0 bridgehead atoms. The van der Waals surface area contributed by atoms with Crippen LogP contribution in [0.5, 0.6) is 0 Å². The molecule has 4 aromatic rings. The van der Waals surface area contributed by atoms with Gasteiger partial charge in [0.05, 0.1) is 11.0 Å². The maximum absolute atomic E-state index is 4.69. The summed E-state index contributed by atoms with van der Waals surface area (Å²) in [6.07, 6.45) is 1.82. The first kappa shape index (κ1) is 10.5. The van der Waals surface area contributed by atoms with E-state index in [4.69, 9.17) is 0 Å². The van der Waals surface area contributed by atoms with Crippen molar-refractivity contribution < 1.29 is 0 Å². The molecule has 0 radical (unpaired) electrons. The van der Waals surface area contributed by atoms with E-state index in [1.807, 2.05) is 18.3 Å². The molecule has 0 fully saturated rings. The van der Waals surface area contributed by atoms with Gasteiger partial charge in [0.25, 0.3) is 0 Å². The summed E-state index contributed by atoms with van der Waals surface area (Å²) < 4.78 is 0. The SMILES string of the molecule is Cc1ccc2[nH]c3nc4cccnc4c(C)c3c2c1. The minimum absolute atomic E-state index is 0.941. The largest absolute Gasteiger partial charge is 0.339 e. The van der Waals surface area contributed by atoms with Crippen LogP contribution in [0.4, 0.5) is 0 Å². The molecule has 1 aromatic carbocycles. The Hall–Kier alpha value is -2.42. The number of fused-ring (bicyclic) bond motifs is 4. The second-order valence-corrected chi connectivity index (χ2v) is 5.01. The van der Waals surface area contributed by atoms with E-state index in [-0.39, 0.29) is 0 Å². The van der Waals surface area contributed by atoms with Gasteiger partial charge in [-0.25, -0.2) is 4.98 Å². The van der Waals surface area contributed by atoms with Crippen molar-refractivity contribution >= 4 is 33.0 Å². The van der Waals surface area contributed by atoms with Crippen molar-refractivity contribution in [3.05, 3.63) is 47.7 Å². The van der Waals surface area contributed by atoms with Gasteiger partial charge < -0.3 is 4.98 Å². The molecule has 0 unspecified atom stereocenters. The topological polar surface area (TPSA) is 41.6 Å². The molecule has 0 saturated heterocycles. The van der Waals surface area contributed by atoms with Gasteiger partial charge >= 0.3 is 0 Å². The molecular formula is C16H13N3.